The SMILES string of the molecule is CN1C(=O)C2=C(O)C(O)C(c3nnc(Cc4ccc(F)cc4F)s3)=CN2N(C)C12CCOCC2. The normalized spacial score (nSPS) is 22.9. The molecule has 4 heterocycles. The van der Waals surface area contributed by atoms with Crippen LogP contribution in [-0.2, 0) is 16.0 Å². The number of aliphatic hydroxyl groups excluding tert-OH is 2. The molecular weight excluding hydrogens is 468 g/mol. The van der Waals surface area contributed by atoms with E-state index in [1.54, 1.807) is 23.2 Å². The third-order valence-corrected chi connectivity index (χ3v) is 7.68. The molecule has 0 aliphatic carbocycles. The minimum absolute atomic E-state index is 0.0310. The number of amides is 1. The maximum atomic E-state index is 14.1. The molecule has 180 valence electrons. The topological polar surface area (TPSA) is 102 Å². The van der Waals surface area contributed by atoms with Crippen LogP contribution in [0.5, 0.6) is 0 Å². The summed E-state index contributed by atoms with van der Waals surface area (Å²) in [5.74, 6) is -2.24. The van der Waals surface area contributed by atoms with Crippen molar-refractivity contribution in [2.75, 3.05) is 27.3 Å². The molecule has 1 atom stereocenters. The lowest BCUT2D eigenvalue weighted by molar-refractivity contribution is -0.198. The number of fused-ring (bicyclic) bond motifs is 1. The van der Waals surface area contributed by atoms with Crippen LogP contribution >= 0.6 is 11.3 Å². The molecule has 1 unspecified atom stereocenters. The van der Waals surface area contributed by atoms with E-state index in [0.717, 1.165) is 17.4 Å². The number of aliphatic hydroxyl groups is 2. The van der Waals surface area contributed by atoms with Crippen LogP contribution in [0.1, 0.15) is 28.4 Å². The Balaban J connectivity index is 1.48. The summed E-state index contributed by atoms with van der Waals surface area (Å²) in [6.45, 7) is 0.972. The largest absolute Gasteiger partial charge is 0.507 e. The van der Waals surface area contributed by atoms with Crippen molar-refractivity contribution in [1.82, 2.24) is 25.1 Å². The Kier molecular flexibility index (Phi) is 5.63. The Labute approximate surface area is 198 Å². The highest BCUT2D eigenvalue weighted by atomic mass is 32.1. The number of hydrogen-bond donors (Lipinski definition) is 2. The predicted molar refractivity (Wildman–Crippen MR) is 118 cm³/mol. The molecule has 2 saturated heterocycles. The van der Waals surface area contributed by atoms with Gasteiger partial charge >= 0.3 is 0 Å². The van der Waals surface area contributed by atoms with Gasteiger partial charge in [0.25, 0.3) is 5.91 Å². The minimum Gasteiger partial charge on any atom is -0.507 e. The molecule has 34 heavy (non-hydrogen) atoms. The fourth-order valence-electron chi connectivity index (χ4n) is 4.67. The van der Waals surface area contributed by atoms with Crippen molar-refractivity contribution in [1.29, 1.82) is 0 Å². The zero-order chi connectivity index (χ0) is 24.2. The van der Waals surface area contributed by atoms with Gasteiger partial charge < -0.3 is 19.8 Å². The van der Waals surface area contributed by atoms with Crippen LogP contribution < -0.4 is 0 Å². The molecule has 0 bridgehead atoms. The van der Waals surface area contributed by atoms with Crippen molar-refractivity contribution in [2.45, 2.75) is 31.0 Å². The number of halogens is 2. The summed E-state index contributed by atoms with van der Waals surface area (Å²) in [4.78, 5) is 14.8. The van der Waals surface area contributed by atoms with Crippen LogP contribution in [0.25, 0.3) is 5.57 Å². The number of carbonyl (C=O) groups excluding carboxylic acids is 1. The lowest BCUT2D eigenvalue weighted by Crippen LogP contribution is -2.71. The molecule has 2 fully saturated rings. The molecule has 0 saturated carbocycles. The van der Waals surface area contributed by atoms with Gasteiger partial charge in [0.1, 0.15) is 33.4 Å². The van der Waals surface area contributed by atoms with E-state index >= 15 is 0 Å². The number of hydrogen-bond acceptors (Lipinski definition) is 9. The summed E-state index contributed by atoms with van der Waals surface area (Å²) in [7, 11) is 3.50. The summed E-state index contributed by atoms with van der Waals surface area (Å²) in [6, 6.07) is 3.32. The van der Waals surface area contributed by atoms with Crippen molar-refractivity contribution in [2.24, 2.45) is 0 Å². The monoisotopic (exact) mass is 491 g/mol. The fourth-order valence-corrected chi connectivity index (χ4v) is 5.57. The number of benzene rings is 1. The first-order valence-corrected chi connectivity index (χ1v) is 11.5. The van der Waals surface area contributed by atoms with Gasteiger partial charge in [0.15, 0.2) is 11.5 Å². The third-order valence-electron chi connectivity index (χ3n) is 6.71. The first-order valence-electron chi connectivity index (χ1n) is 10.7. The highest BCUT2D eigenvalue weighted by Crippen LogP contribution is 2.42. The summed E-state index contributed by atoms with van der Waals surface area (Å²) in [5, 5.41) is 34.0. The molecule has 1 aromatic heterocycles. The third kappa shape index (κ3) is 3.49. The smallest absolute Gasteiger partial charge is 0.276 e. The van der Waals surface area contributed by atoms with E-state index in [1.165, 1.54) is 12.1 Å². The zero-order valence-electron chi connectivity index (χ0n) is 18.5. The van der Waals surface area contributed by atoms with Gasteiger partial charge in [-0.2, -0.15) is 5.01 Å². The van der Waals surface area contributed by atoms with Gasteiger partial charge in [-0.15, -0.1) is 10.2 Å². The molecule has 3 aliphatic rings. The minimum atomic E-state index is -1.48. The van der Waals surface area contributed by atoms with Crippen molar-refractivity contribution in [3.05, 3.63) is 63.1 Å². The van der Waals surface area contributed by atoms with Crippen LogP contribution in [-0.4, -0.2) is 80.3 Å². The van der Waals surface area contributed by atoms with E-state index in [0.29, 0.717) is 36.1 Å². The summed E-state index contributed by atoms with van der Waals surface area (Å²) in [6.07, 6.45) is 1.34. The highest BCUT2D eigenvalue weighted by Gasteiger charge is 2.53. The Morgan fingerprint density at radius 2 is 1.97 bits per heavy atom. The maximum absolute atomic E-state index is 14.1. The van der Waals surface area contributed by atoms with E-state index in [9.17, 15) is 23.8 Å². The lowest BCUT2D eigenvalue weighted by atomic mass is 9.94. The van der Waals surface area contributed by atoms with Gasteiger partial charge in [-0.05, 0) is 11.6 Å². The summed E-state index contributed by atoms with van der Waals surface area (Å²) >= 11 is 1.12. The van der Waals surface area contributed by atoms with Crippen LogP contribution in [0.4, 0.5) is 8.78 Å². The van der Waals surface area contributed by atoms with E-state index in [2.05, 4.69) is 10.2 Å². The molecule has 2 aromatic rings. The van der Waals surface area contributed by atoms with Crippen LogP contribution in [0.15, 0.2) is 35.9 Å². The van der Waals surface area contributed by atoms with Crippen molar-refractivity contribution in [3.63, 3.8) is 0 Å². The molecule has 5 rings (SSSR count). The zero-order valence-corrected chi connectivity index (χ0v) is 19.3. The number of nitrogens with zero attached hydrogens (tertiary/aromatic N) is 5. The summed E-state index contributed by atoms with van der Waals surface area (Å²) in [5.41, 5.74) is -0.152. The van der Waals surface area contributed by atoms with E-state index in [-0.39, 0.29) is 23.3 Å². The molecule has 12 heteroatoms. The van der Waals surface area contributed by atoms with Crippen molar-refractivity contribution in [3.8, 4) is 0 Å². The first kappa shape index (κ1) is 22.8. The molecule has 1 spiro atoms. The number of ether oxygens (including phenoxy) is 1. The van der Waals surface area contributed by atoms with Crippen LogP contribution in [0.3, 0.4) is 0 Å². The van der Waals surface area contributed by atoms with Gasteiger partial charge in [-0.1, -0.05) is 17.4 Å². The van der Waals surface area contributed by atoms with Gasteiger partial charge in [0.05, 0.1) is 13.2 Å². The molecule has 3 aliphatic heterocycles. The molecular formula is C22H23F2N5O4S. The molecule has 9 nitrogen and oxygen atoms in total. The molecule has 2 N–H and O–H groups in total. The average Bonchev–Trinajstić information content (AvgIpc) is 3.29. The van der Waals surface area contributed by atoms with Crippen molar-refractivity contribution < 1.29 is 28.5 Å². The standard InChI is InChI=1S/C22H23F2N5O4S/c1-27-21(32)17-19(31)18(30)14(11-29(17)28(2)22(27)5-7-33-8-6-22)20-26-25-16(34-20)9-12-3-4-13(23)10-15(12)24/h3-4,10-11,18,30-31H,5-9H2,1-2H3. The van der Waals surface area contributed by atoms with E-state index in [1.807, 2.05) is 12.1 Å². The fraction of sp³-hybridized carbons (Fsp3) is 0.409. The molecule has 0 radical (unpaired) electrons. The van der Waals surface area contributed by atoms with Crippen molar-refractivity contribution >= 4 is 22.8 Å². The van der Waals surface area contributed by atoms with Gasteiger partial charge in [-0.25, -0.2) is 8.78 Å². The van der Waals surface area contributed by atoms with Crippen LogP contribution in [0.2, 0.25) is 0 Å². The first-order chi connectivity index (χ1) is 16.2. The summed E-state index contributed by atoms with van der Waals surface area (Å²) < 4.78 is 32.7. The number of aromatic nitrogens is 2. The molecule has 1 amide bonds. The lowest BCUT2D eigenvalue weighted by Gasteiger charge is -2.57. The van der Waals surface area contributed by atoms with E-state index in [4.69, 9.17) is 4.74 Å². The highest BCUT2D eigenvalue weighted by molar-refractivity contribution is 7.12. The van der Waals surface area contributed by atoms with Gasteiger partial charge in [0.2, 0.25) is 0 Å². The van der Waals surface area contributed by atoms with E-state index < -0.39 is 35.1 Å². The maximum Gasteiger partial charge on any atom is 0.276 e. The Bertz CT molecular complexity index is 1210. The molecule has 1 aromatic carbocycles. The van der Waals surface area contributed by atoms with Crippen LogP contribution in [0, 0.1) is 11.6 Å². The number of rotatable bonds is 3. The second-order valence-corrected chi connectivity index (χ2v) is 9.52. The Morgan fingerprint density at radius 1 is 1.24 bits per heavy atom. The second kappa shape index (κ2) is 8.38. The Morgan fingerprint density at radius 3 is 2.68 bits per heavy atom. The second-order valence-electron chi connectivity index (χ2n) is 8.46. The van der Waals surface area contributed by atoms with Gasteiger partial charge in [0, 0.05) is 51.2 Å². The van der Waals surface area contributed by atoms with Gasteiger partial charge in [-0.3, -0.25) is 9.80 Å². The predicted octanol–water partition coefficient (Wildman–Crippen LogP) is 2.02. The number of likely N-dealkylation sites (N-methyl/N-ethyl adjacent to an activating group) is 1. The number of hydrazine groups is 1. The number of carbonyl (C=O) groups is 1. The Hall–Kier alpha value is -2.93. The average molecular weight is 492 g/mol. The quantitative estimate of drug-likeness (QED) is 0.673.